The molecule has 2 aliphatic carbocycles. The third-order valence-electron chi connectivity index (χ3n) is 4.97. The van der Waals surface area contributed by atoms with Gasteiger partial charge in [-0.25, -0.2) is 0 Å². The van der Waals surface area contributed by atoms with E-state index in [0.717, 1.165) is 18.6 Å². The number of nitrogens with one attached hydrogen (secondary N) is 1. The number of methoxy groups -OCH3 is 1. The molecule has 0 aromatic carbocycles. The summed E-state index contributed by atoms with van der Waals surface area (Å²) in [5.74, 6) is 0.800. The van der Waals surface area contributed by atoms with Crippen LogP contribution < -0.4 is 5.32 Å². The van der Waals surface area contributed by atoms with Gasteiger partial charge in [0, 0.05) is 26.3 Å². The lowest BCUT2D eigenvalue weighted by molar-refractivity contribution is 0.0735. The molecule has 0 bridgehead atoms. The first kappa shape index (κ1) is 13.4. The molecule has 1 unspecified atom stereocenters. The number of rotatable bonds is 7. The Hall–Kier alpha value is -0.0800. The predicted octanol–water partition coefficient (Wildman–Crippen LogP) is 3.36. The van der Waals surface area contributed by atoms with Crippen LogP contribution in [0.15, 0.2) is 0 Å². The number of hydrogen-bond acceptors (Lipinski definition) is 2. The highest BCUT2D eigenvalue weighted by molar-refractivity contribution is 4.92. The molecule has 0 aliphatic heterocycles. The largest absolute Gasteiger partial charge is 0.385 e. The molecule has 2 rings (SSSR count). The Morgan fingerprint density at radius 2 is 1.94 bits per heavy atom. The minimum absolute atomic E-state index is 0.569. The second kappa shape index (κ2) is 6.19. The van der Waals surface area contributed by atoms with Crippen LogP contribution in [0.2, 0.25) is 0 Å². The molecule has 1 atom stereocenters. The second-order valence-electron chi connectivity index (χ2n) is 6.26. The third kappa shape index (κ3) is 3.69. The Labute approximate surface area is 107 Å². The first-order valence-electron chi connectivity index (χ1n) is 7.49. The summed E-state index contributed by atoms with van der Waals surface area (Å²) in [6, 6.07) is 0.850. The minimum atomic E-state index is 0.569. The number of ether oxygens (including phenoxy) is 1. The zero-order chi connectivity index (χ0) is 12.1. The monoisotopic (exact) mass is 239 g/mol. The van der Waals surface area contributed by atoms with Gasteiger partial charge in [-0.2, -0.15) is 0 Å². The SMILES string of the molecule is COCCC(C)C1(CNC2CC2)CCCCC1. The van der Waals surface area contributed by atoms with Gasteiger partial charge in [0.25, 0.3) is 0 Å². The molecule has 17 heavy (non-hydrogen) atoms. The fraction of sp³-hybridized carbons (Fsp3) is 1.00. The van der Waals surface area contributed by atoms with Crippen molar-refractivity contribution >= 4 is 0 Å². The molecule has 2 nitrogen and oxygen atoms in total. The van der Waals surface area contributed by atoms with E-state index >= 15 is 0 Å². The Balaban J connectivity index is 1.88. The summed E-state index contributed by atoms with van der Waals surface area (Å²) >= 11 is 0. The summed E-state index contributed by atoms with van der Waals surface area (Å²) in [7, 11) is 1.82. The van der Waals surface area contributed by atoms with Crippen molar-refractivity contribution in [3.05, 3.63) is 0 Å². The van der Waals surface area contributed by atoms with Gasteiger partial charge in [0.1, 0.15) is 0 Å². The average molecular weight is 239 g/mol. The molecular weight excluding hydrogens is 210 g/mol. The summed E-state index contributed by atoms with van der Waals surface area (Å²) in [5.41, 5.74) is 0.569. The fourth-order valence-corrected chi connectivity index (χ4v) is 3.34. The molecule has 0 heterocycles. The van der Waals surface area contributed by atoms with E-state index in [1.54, 1.807) is 0 Å². The minimum Gasteiger partial charge on any atom is -0.385 e. The van der Waals surface area contributed by atoms with Gasteiger partial charge >= 0.3 is 0 Å². The first-order valence-corrected chi connectivity index (χ1v) is 7.49. The van der Waals surface area contributed by atoms with Crippen molar-refractivity contribution < 1.29 is 4.74 Å². The van der Waals surface area contributed by atoms with Crippen LogP contribution in [0, 0.1) is 11.3 Å². The molecule has 0 amide bonds. The van der Waals surface area contributed by atoms with Crippen molar-refractivity contribution in [2.75, 3.05) is 20.3 Å². The Bertz CT molecular complexity index is 219. The molecule has 2 fully saturated rings. The molecule has 2 saturated carbocycles. The Morgan fingerprint density at radius 3 is 2.53 bits per heavy atom. The van der Waals surface area contributed by atoms with Crippen LogP contribution in [0.25, 0.3) is 0 Å². The molecule has 0 aromatic rings. The van der Waals surface area contributed by atoms with Gasteiger partial charge in [0.2, 0.25) is 0 Å². The highest BCUT2D eigenvalue weighted by atomic mass is 16.5. The van der Waals surface area contributed by atoms with Gasteiger partial charge in [0.15, 0.2) is 0 Å². The first-order chi connectivity index (χ1) is 8.27. The zero-order valence-electron chi connectivity index (χ0n) is 11.6. The summed E-state index contributed by atoms with van der Waals surface area (Å²) in [6.07, 6.45) is 11.2. The highest BCUT2D eigenvalue weighted by Gasteiger charge is 2.38. The number of hydrogen-bond donors (Lipinski definition) is 1. The maximum atomic E-state index is 5.27. The van der Waals surface area contributed by atoms with Gasteiger partial charge in [0.05, 0.1) is 0 Å². The fourth-order valence-electron chi connectivity index (χ4n) is 3.34. The van der Waals surface area contributed by atoms with Crippen LogP contribution in [0.4, 0.5) is 0 Å². The summed E-state index contributed by atoms with van der Waals surface area (Å²) < 4.78 is 5.27. The highest BCUT2D eigenvalue weighted by Crippen LogP contribution is 2.44. The molecule has 0 aromatic heterocycles. The van der Waals surface area contributed by atoms with Crippen LogP contribution in [0.5, 0.6) is 0 Å². The lowest BCUT2D eigenvalue weighted by atomic mass is 9.65. The zero-order valence-corrected chi connectivity index (χ0v) is 11.6. The molecule has 2 aliphatic rings. The smallest absolute Gasteiger partial charge is 0.0465 e. The van der Waals surface area contributed by atoms with Crippen molar-refractivity contribution in [2.24, 2.45) is 11.3 Å². The molecule has 1 N–H and O–H groups in total. The summed E-state index contributed by atoms with van der Waals surface area (Å²) in [4.78, 5) is 0. The van der Waals surface area contributed by atoms with E-state index in [2.05, 4.69) is 12.2 Å². The maximum Gasteiger partial charge on any atom is 0.0465 e. The van der Waals surface area contributed by atoms with Crippen LogP contribution >= 0.6 is 0 Å². The van der Waals surface area contributed by atoms with Crippen molar-refractivity contribution in [1.29, 1.82) is 0 Å². The topological polar surface area (TPSA) is 21.3 Å². The third-order valence-corrected chi connectivity index (χ3v) is 4.97. The van der Waals surface area contributed by atoms with Crippen LogP contribution in [-0.2, 0) is 4.74 Å². The maximum absolute atomic E-state index is 5.27. The van der Waals surface area contributed by atoms with Crippen LogP contribution in [-0.4, -0.2) is 26.3 Å². The van der Waals surface area contributed by atoms with E-state index in [-0.39, 0.29) is 0 Å². The van der Waals surface area contributed by atoms with Gasteiger partial charge in [-0.05, 0) is 43.4 Å². The van der Waals surface area contributed by atoms with Gasteiger partial charge in [-0.3, -0.25) is 0 Å². The van der Waals surface area contributed by atoms with Crippen molar-refractivity contribution in [2.45, 2.75) is 64.3 Å². The predicted molar refractivity (Wildman–Crippen MR) is 72.2 cm³/mol. The molecule has 100 valence electrons. The van der Waals surface area contributed by atoms with Crippen molar-refractivity contribution in [1.82, 2.24) is 5.32 Å². The standard InChI is InChI=1S/C15H29NO/c1-13(8-11-17-2)15(9-4-3-5-10-15)12-16-14-6-7-14/h13-14,16H,3-12H2,1-2H3. The molecule has 0 radical (unpaired) electrons. The molecule has 0 saturated heterocycles. The summed E-state index contributed by atoms with van der Waals surface area (Å²) in [5, 5.41) is 3.78. The Kier molecular flexibility index (Phi) is 4.87. The normalized spacial score (nSPS) is 25.8. The van der Waals surface area contributed by atoms with E-state index in [1.807, 2.05) is 7.11 Å². The second-order valence-corrected chi connectivity index (χ2v) is 6.26. The van der Waals surface area contributed by atoms with Gasteiger partial charge in [-0.1, -0.05) is 26.2 Å². The lowest BCUT2D eigenvalue weighted by Crippen LogP contribution is -2.42. The molecular formula is C15H29NO. The summed E-state index contributed by atoms with van der Waals surface area (Å²) in [6.45, 7) is 4.62. The molecule has 2 heteroatoms. The van der Waals surface area contributed by atoms with Gasteiger partial charge < -0.3 is 10.1 Å². The van der Waals surface area contributed by atoms with E-state index in [1.165, 1.54) is 57.9 Å². The van der Waals surface area contributed by atoms with Crippen LogP contribution in [0.1, 0.15) is 58.3 Å². The van der Waals surface area contributed by atoms with Crippen molar-refractivity contribution in [3.63, 3.8) is 0 Å². The van der Waals surface area contributed by atoms with E-state index in [9.17, 15) is 0 Å². The van der Waals surface area contributed by atoms with E-state index in [4.69, 9.17) is 4.74 Å². The Morgan fingerprint density at radius 1 is 1.24 bits per heavy atom. The molecule has 0 spiro atoms. The van der Waals surface area contributed by atoms with E-state index < -0.39 is 0 Å². The quantitative estimate of drug-likeness (QED) is 0.735. The average Bonchev–Trinajstić information content (AvgIpc) is 3.18. The van der Waals surface area contributed by atoms with Crippen LogP contribution in [0.3, 0.4) is 0 Å². The van der Waals surface area contributed by atoms with Gasteiger partial charge in [-0.15, -0.1) is 0 Å². The lowest BCUT2D eigenvalue weighted by Gasteiger charge is -2.43. The van der Waals surface area contributed by atoms with Crippen molar-refractivity contribution in [3.8, 4) is 0 Å². The van der Waals surface area contributed by atoms with E-state index in [0.29, 0.717) is 5.41 Å².